The summed E-state index contributed by atoms with van der Waals surface area (Å²) in [7, 11) is 0. The minimum Gasteiger partial charge on any atom is -0.494 e. The Kier molecular flexibility index (Phi) is 6.76. The Morgan fingerprint density at radius 2 is 1.78 bits per heavy atom. The molecule has 0 aliphatic rings. The number of carbonyl (C=O) groups excluding carboxylic acids is 1. The average Bonchev–Trinajstić information content (AvgIpc) is 2.58. The lowest BCUT2D eigenvalue weighted by Crippen LogP contribution is -2.28. The third kappa shape index (κ3) is 5.49. The van der Waals surface area contributed by atoms with E-state index in [1.54, 1.807) is 36.4 Å². The molecule has 4 nitrogen and oxygen atoms in total. The molecule has 2 rings (SSSR count). The second kappa shape index (κ2) is 9.06. The molecule has 2 aromatic rings. The van der Waals surface area contributed by atoms with Crippen molar-refractivity contribution in [3.63, 3.8) is 0 Å². The molecule has 0 atom stereocenters. The number of rotatable bonds is 8. The van der Waals surface area contributed by atoms with Crippen LogP contribution in [0.25, 0.3) is 0 Å². The molecular weight excluding hydrogens is 314 g/mol. The molecule has 0 aliphatic heterocycles. The Morgan fingerprint density at radius 1 is 1.04 bits per heavy atom. The molecule has 0 heterocycles. The van der Waals surface area contributed by atoms with Crippen molar-refractivity contribution in [2.75, 3.05) is 19.8 Å². The van der Waals surface area contributed by atoms with Crippen molar-refractivity contribution < 1.29 is 14.3 Å². The molecule has 1 N–H and O–H groups in total. The van der Waals surface area contributed by atoms with E-state index in [0.29, 0.717) is 36.1 Å². The van der Waals surface area contributed by atoms with Gasteiger partial charge in [-0.3, -0.25) is 4.79 Å². The Hall–Kier alpha value is -2.20. The van der Waals surface area contributed by atoms with Gasteiger partial charge in [-0.15, -0.1) is 0 Å². The Bertz CT molecular complexity index is 628. The first-order valence-electron chi connectivity index (χ1n) is 7.59. The van der Waals surface area contributed by atoms with E-state index in [1.165, 1.54) is 0 Å². The van der Waals surface area contributed by atoms with Crippen LogP contribution in [0, 0.1) is 0 Å². The van der Waals surface area contributed by atoms with Gasteiger partial charge in [0.2, 0.25) is 0 Å². The van der Waals surface area contributed by atoms with Gasteiger partial charge in [-0.25, -0.2) is 0 Å². The van der Waals surface area contributed by atoms with Crippen molar-refractivity contribution in [3.8, 4) is 11.5 Å². The first-order chi connectivity index (χ1) is 11.2. The highest BCUT2D eigenvalue weighted by atomic mass is 35.5. The monoisotopic (exact) mass is 333 g/mol. The first-order valence-corrected chi connectivity index (χ1v) is 7.97. The summed E-state index contributed by atoms with van der Waals surface area (Å²) in [5, 5.41) is 3.36. The van der Waals surface area contributed by atoms with Crippen LogP contribution in [-0.4, -0.2) is 25.7 Å². The third-order valence-electron chi connectivity index (χ3n) is 3.07. The topological polar surface area (TPSA) is 47.6 Å². The molecule has 1 amide bonds. The lowest BCUT2D eigenvalue weighted by molar-refractivity contribution is 0.0947. The molecule has 0 aliphatic carbocycles. The van der Waals surface area contributed by atoms with Crippen molar-refractivity contribution in [1.82, 2.24) is 5.32 Å². The number of halogens is 1. The van der Waals surface area contributed by atoms with Crippen LogP contribution in [0.2, 0.25) is 5.02 Å². The maximum absolute atomic E-state index is 12.0. The molecule has 0 bridgehead atoms. The van der Waals surface area contributed by atoms with Crippen LogP contribution in [0.3, 0.4) is 0 Å². The molecule has 0 fully saturated rings. The largest absolute Gasteiger partial charge is 0.494 e. The Balaban J connectivity index is 1.75. The molecule has 2 aromatic carbocycles. The summed E-state index contributed by atoms with van der Waals surface area (Å²) in [6, 6.07) is 14.3. The zero-order valence-electron chi connectivity index (χ0n) is 13.0. The second-order valence-electron chi connectivity index (χ2n) is 4.91. The van der Waals surface area contributed by atoms with E-state index in [2.05, 4.69) is 5.32 Å². The van der Waals surface area contributed by atoms with E-state index in [4.69, 9.17) is 21.1 Å². The highest BCUT2D eigenvalue weighted by Gasteiger charge is 2.05. The predicted molar refractivity (Wildman–Crippen MR) is 91.5 cm³/mol. The van der Waals surface area contributed by atoms with E-state index in [9.17, 15) is 4.79 Å². The van der Waals surface area contributed by atoms with E-state index in [1.807, 2.05) is 19.1 Å². The second-order valence-corrected chi connectivity index (χ2v) is 5.31. The van der Waals surface area contributed by atoms with Crippen molar-refractivity contribution in [2.24, 2.45) is 0 Å². The van der Waals surface area contributed by atoms with Gasteiger partial charge in [0, 0.05) is 5.56 Å². The number of hydrogen-bond donors (Lipinski definition) is 1. The van der Waals surface area contributed by atoms with E-state index in [-0.39, 0.29) is 5.91 Å². The fraction of sp³-hybridized carbons (Fsp3) is 0.278. The average molecular weight is 334 g/mol. The molecule has 0 radical (unpaired) electrons. The van der Waals surface area contributed by atoms with Gasteiger partial charge >= 0.3 is 0 Å². The summed E-state index contributed by atoms with van der Waals surface area (Å²) in [6.45, 7) is 3.47. The highest BCUT2D eigenvalue weighted by Crippen LogP contribution is 2.22. The lowest BCUT2D eigenvalue weighted by atomic mass is 10.2. The molecule has 0 saturated heterocycles. The summed E-state index contributed by atoms with van der Waals surface area (Å²) in [4.78, 5) is 12.0. The van der Waals surface area contributed by atoms with Gasteiger partial charge in [0.25, 0.3) is 5.91 Å². The van der Waals surface area contributed by atoms with Gasteiger partial charge in [-0.1, -0.05) is 30.7 Å². The van der Waals surface area contributed by atoms with E-state index < -0.39 is 0 Å². The van der Waals surface area contributed by atoms with Crippen molar-refractivity contribution in [3.05, 3.63) is 59.1 Å². The summed E-state index contributed by atoms with van der Waals surface area (Å²) in [5.74, 6) is 1.24. The molecule has 0 spiro atoms. The molecule has 5 heteroatoms. The molecule has 0 aromatic heterocycles. The van der Waals surface area contributed by atoms with Crippen LogP contribution in [0.4, 0.5) is 0 Å². The maximum atomic E-state index is 12.0. The standard InChI is InChI=1S/C18H20ClNO3/c1-2-12-22-15-9-7-14(8-10-15)18(21)20-11-13-23-17-6-4-3-5-16(17)19/h3-10H,2,11-13H2,1H3,(H,20,21). The van der Waals surface area contributed by atoms with Crippen molar-refractivity contribution in [1.29, 1.82) is 0 Å². The fourth-order valence-electron chi connectivity index (χ4n) is 1.91. The minimum atomic E-state index is -0.144. The highest BCUT2D eigenvalue weighted by molar-refractivity contribution is 6.32. The lowest BCUT2D eigenvalue weighted by Gasteiger charge is -2.09. The van der Waals surface area contributed by atoms with Crippen LogP contribution in [0.15, 0.2) is 48.5 Å². The minimum absolute atomic E-state index is 0.144. The van der Waals surface area contributed by atoms with Gasteiger partial charge in [0.1, 0.15) is 18.1 Å². The van der Waals surface area contributed by atoms with Gasteiger partial charge in [0.05, 0.1) is 18.2 Å². The SMILES string of the molecule is CCCOc1ccc(C(=O)NCCOc2ccccc2Cl)cc1. The van der Waals surface area contributed by atoms with E-state index in [0.717, 1.165) is 12.2 Å². The number of hydrogen-bond acceptors (Lipinski definition) is 3. The Labute approximate surface area is 141 Å². The van der Waals surface area contributed by atoms with E-state index >= 15 is 0 Å². The van der Waals surface area contributed by atoms with Gasteiger partial charge in [-0.05, 0) is 42.8 Å². The third-order valence-corrected chi connectivity index (χ3v) is 3.38. The Morgan fingerprint density at radius 3 is 2.48 bits per heavy atom. The zero-order chi connectivity index (χ0) is 16.5. The number of benzene rings is 2. The van der Waals surface area contributed by atoms with Crippen molar-refractivity contribution in [2.45, 2.75) is 13.3 Å². The number of nitrogens with one attached hydrogen (secondary N) is 1. The molecule has 23 heavy (non-hydrogen) atoms. The van der Waals surface area contributed by atoms with Crippen LogP contribution in [0.1, 0.15) is 23.7 Å². The quantitative estimate of drug-likeness (QED) is 0.744. The molecular formula is C18H20ClNO3. The number of para-hydroxylation sites is 1. The number of ether oxygens (including phenoxy) is 2. The van der Waals surface area contributed by atoms with Crippen LogP contribution in [-0.2, 0) is 0 Å². The maximum Gasteiger partial charge on any atom is 0.251 e. The normalized spacial score (nSPS) is 10.2. The molecule has 122 valence electrons. The zero-order valence-corrected chi connectivity index (χ0v) is 13.8. The van der Waals surface area contributed by atoms with Crippen LogP contribution < -0.4 is 14.8 Å². The molecule has 0 saturated carbocycles. The fourth-order valence-corrected chi connectivity index (χ4v) is 2.10. The summed E-state index contributed by atoms with van der Waals surface area (Å²) in [5.41, 5.74) is 0.589. The first kappa shape index (κ1) is 17.2. The van der Waals surface area contributed by atoms with Gasteiger partial charge in [-0.2, -0.15) is 0 Å². The van der Waals surface area contributed by atoms with Gasteiger partial charge < -0.3 is 14.8 Å². The number of amides is 1. The van der Waals surface area contributed by atoms with Crippen LogP contribution in [0.5, 0.6) is 11.5 Å². The van der Waals surface area contributed by atoms with Crippen LogP contribution >= 0.6 is 11.6 Å². The predicted octanol–water partition coefficient (Wildman–Crippen LogP) is 3.94. The summed E-state index contributed by atoms with van der Waals surface area (Å²) < 4.78 is 11.0. The smallest absolute Gasteiger partial charge is 0.251 e. The summed E-state index contributed by atoms with van der Waals surface area (Å²) >= 11 is 5.99. The molecule has 0 unspecified atom stereocenters. The summed E-state index contributed by atoms with van der Waals surface area (Å²) in [6.07, 6.45) is 0.952. The van der Waals surface area contributed by atoms with Gasteiger partial charge in [0.15, 0.2) is 0 Å². The number of carbonyl (C=O) groups is 1. The van der Waals surface area contributed by atoms with Crippen molar-refractivity contribution >= 4 is 17.5 Å².